The Hall–Kier alpha value is -1.14. The van der Waals surface area contributed by atoms with E-state index in [1.807, 2.05) is 0 Å². The molecule has 2 amide bonds. The van der Waals surface area contributed by atoms with E-state index in [1.165, 1.54) is 4.90 Å². The Bertz CT molecular complexity index is 265. The average molecular weight is 243 g/mol. The molecule has 0 aliphatic carbocycles. The van der Waals surface area contributed by atoms with Crippen LogP contribution in [0, 0.1) is 5.92 Å². The number of hydrogen-bond acceptors (Lipinski definition) is 4. The molecule has 1 aliphatic rings. The van der Waals surface area contributed by atoms with Crippen LogP contribution in [0.25, 0.3) is 0 Å². The predicted molar refractivity (Wildman–Crippen MR) is 63.2 cm³/mol. The van der Waals surface area contributed by atoms with Crippen molar-refractivity contribution in [2.24, 2.45) is 11.7 Å². The van der Waals surface area contributed by atoms with Gasteiger partial charge in [-0.05, 0) is 18.8 Å². The molecule has 1 rings (SSSR count). The zero-order valence-electron chi connectivity index (χ0n) is 10.3. The molecule has 1 heterocycles. The van der Waals surface area contributed by atoms with Gasteiger partial charge in [-0.3, -0.25) is 9.59 Å². The van der Waals surface area contributed by atoms with Gasteiger partial charge in [0, 0.05) is 39.9 Å². The van der Waals surface area contributed by atoms with Crippen molar-refractivity contribution in [2.45, 2.75) is 12.8 Å². The van der Waals surface area contributed by atoms with Gasteiger partial charge in [0.1, 0.15) is 0 Å². The lowest BCUT2D eigenvalue weighted by molar-refractivity contribution is -0.145. The molecular formula is C11H21N3O3. The van der Waals surface area contributed by atoms with Gasteiger partial charge in [0.15, 0.2) is 0 Å². The normalized spacial score (nSPS) is 16.6. The Morgan fingerprint density at radius 2 is 2.06 bits per heavy atom. The number of amides is 2. The Morgan fingerprint density at radius 1 is 1.41 bits per heavy atom. The second-order valence-electron chi connectivity index (χ2n) is 4.29. The molecule has 1 saturated heterocycles. The van der Waals surface area contributed by atoms with Gasteiger partial charge in [0.25, 0.3) is 0 Å². The largest absolute Gasteiger partial charge is 0.381 e. The van der Waals surface area contributed by atoms with Gasteiger partial charge in [-0.25, -0.2) is 0 Å². The van der Waals surface area contributed by atoms with E-state index in [2.05, 4.69) is 5.32 Å². The van der Waals surface area contributed by atoms with Crippen LogP contribution in [0.2, 0.25) is 0 Å². The lowest BCUT2D eigenvalue weighted by Gasteiger charge is -2.26. The molecule has 0 atom stereocenters. The molecule has 6 heteroatoms. The molecule has 0 unspecified atom stereocenters. The van der Waals surface area contributed by atoms with Crippen LogP contribution >= 0.6 is 0 Å². The highest BCUT2D eigenvalue weighted by Crippen LogP contribution is 2.15. The second kappa shape index (κ2) is 7.24. The molecule has 98 valence electrons. The fourth-order valence-electron chi connectivity index (χ4n) is 1.83. The van der Waals surface area contributed by atoms with Gasteiger partial charge in [-0.2, -0.15) is 0 Å². The minimum atomic E-state index is -0.579. The number of nitrogens with one attached hydrogen (secondary N) is 1. The number of likely N-dealkylation sites (N-methyl/N-ethyl adjacent to an activating group) is 1. The molecule has 0 aromatic carbocycles. The Labute approximate surface area is 101 Å². The third kappa shape index (κ3) is 4.70. The van der Waals surface area contributed by atoms with E-state index >= 15 is 0 Å². The first-order chi connectivity index (χ1) is 8.15. The van der Waals surface area contributed by atoms with E-state index in [0.29, 0.717) is 25.6 Å². The molecule has 0 bridgehead atoms. The summed E-state index contributed by atoms with van der Waals surface area (Å²) < 4.78 is 5.25. The maximum Gasteiger partial charge on any atom is 0.311 e. The third-order valence-electron chi connectivity index (χ3n) is 2.84. The molecule has 1 fully saturated rings. The van der Waals surface area contributed by atoms with Crippen molar-refractivity contribution in [3.8, 4) is 0 Å². The van der Waals surface area contributed by atoms with Crippen LogP contribution in [0.3, 0.4) is 0 Å². The van der Waals surface area contributed by atoms with Gasteiger partial charge in [0.2, 0.25) is 0 Å². The summed E-state index contributed by atoms with van der Waals surface area (Å²) in [5.74, 6) is -0.644. The minimum Gasteiger partial charge on any atom is -0.381 e. The van der Waals surface area contributed by atoms with Crippen LogP contribution in [-0.2, 0) is 14.3 Å². The zero-order chi connectivity index (χ0) is 12.7. The summed E-state index contributed by atoms with van der Waals surface area (Å²) in [4.78, 5) is 24.5. The average Bonchev–Trinajstić information content (AvgIpc) is 2.36. The molecule has 0 saturated carbocycles. The topological polar surface area (TPSA) is 84.7 Å². The number of hydrogen-bond donors (Lipinski definition) is 2. The molecular weight excluding hydrogens is 222 g/mol. The standard InChI is InChI=1S/C11H21N3O3/c1-14(8-9-2-6-17-7-3-9)11(16)10(15)13-5-4-12/h9H,2-8,12H2,1H3,(H,13,15). The van der Waals surface area contributed by atoms with Gasteiger partial charge in [0.05, 0.1) is 0 Å². The fourth-order valence-corrected chi connectivity index (χ4v) is 1.83. The molecule has 6 nitrogen and oxygen atoms in total. The highest BCUT2D eigenvalue weighted by Gasteiger charge is 2.22. The number of carbonyl (C=O) groups excluding carboxylic acids is 2. The predicted octanol–water partition coefficient (Wildman–Crippen LogP) is -1.05. The maximum atomic E-state index is 11.7. The lowest BCUT2D eigenvalue weighted by Crippen LogP contribution is -2.44. The van der Waals surface area contributed by atoms with Gasteiger partial charge in [-0.15, -0.1) is 0 Å². The van der Waals surface area contributed by atoms with E-state index in [4.69, 9.17) is 10.5 Å². The van der Waals surface area contributed by atoms with Crippen LogP contribution in [0.1, 0.15) is 12.8 Å². The van der Waals surface area contributed by atoms with Gasteiger partial charge in [-0.1, -0.05) is 0 Å². The van der Waals surface area contributed by atoms with Crippen LogP contribution < -0.4 is 11.1 Å². The monoisotopic (exact) mass is 243 g/mol. The summed E-state index contributed by atoms with van der Waals surface area (Å²) in [6.07, 6.45) is 1.89. The number of ether oxygens (including phenoxy) is 1. The van der Waals surface area contributed by atoms with Crippen molar-refractivity contribution in [1.82, 2.24) is 10.2 Å². The molecule has 17 heavy (non-hydrogen) atoms. The molecule has 0 radical (unpaired) electrons. The van der Waals surface area contributed by atoms with E-state index in [9.17, 15) is 9.59 Å². The summed E-state index contributed by atoms with van der Waals surface area (Å²) in [6.45, 7) is 2.76. The summed E-state index contributed by atoms with van der Waals surface area (Å²) in [5.41, 5.74) is 5.25. The number of rotatable bonds is 4. The molecule has 0 aromatic heterocycles. The number of nitrogens with zero attached hydrogens (tertiary/aromatic N) is 1. The summed E-state index contributed by atoms with van der Waals surface area (Å²) in [6, 6.07) is 0. The van der Waals surface area contributed by atoms with Crippen LogP contribution in [0.5, 0.6) is 0 Å². The van der Waals surface area contributed by atoms with Crippen molar-refractivity contribution >= 4 is 11.8 Å². The quantitative estimate of drug-likeness (QED) is 0.617. The maximum absolute atomic E-state index is 11.7. The van der Waals surface area contributed by atoms with E-state index in [-0.39, 0.29) is 0 Å². The molecule has 1 aliphatic heterocycles. The van der Waals surface area contributed by atoms with Crippen LogP contribution in [0.15, 0.2) is 0 Å². The SMILES string of the molecule is CN(CC1CCOCC1)C(=O)C(=O)NCCN. The second-order valence-corrected chi connectivity index (χ2v) is 4.29. The zero-order valence-corrected chi connectivity index (χ0v) is 10.3. The van der Waals surface area contributed by atoms with Crippen molar-refractivity contribution in [3.05, 3.63) is 0 Å². The Balaban J connectivity index is 2.32. The van der Waals surface area contributed by atoms with E-state index in [1.54, 1.807) is 7.05 Å². The highest BCUT2D eigenvalue weighted by molar-refractivity contribution is 6.34. The first kappa shape index (κ1) is 13.9. The summed E-state index contributed by atoms with van der Waals surface area (Å²) in [5, 5.41) is 2.47. The van der Waals surface area contributed by atoms with E-state index < -0.39 is 11.8 Å². The highest BCUT2D eigenvalue weighted by atomic mass is 16.5. The fraction of sp³-hybridized carbons (Fsp3) is 0.818. The van der Waals surface area contributed by atoms with Crippen LogP contribution in [0.4, 0.5) is 0 Å². The van der Waals surface area contributed by atoms with Crippen molar-refractivity contribution in [3.63, 3.8) is 0 Å². The summed E-state index contributed by atoms with van der Waals surface area (Å²) >= 11 is 0. The van der Waals surface area contributed by atoms with Crippen LogP contribution in [-0.4, -0.2) is 56.6 Å². The van der Waals surface area contributed by atoms with Gasteiger partial charge >= 0.3 is 11.8 Å². The number of carbonyl (C=O) groups is 2. The Kier molecular flexibility index (Phi) is 5.93. The van der Waals surface area contributed by atoms with E-state index in [0.717, 1.165) is 26.1 Å². The van der Waals surface area contributed by atoms with Crippen molar-refractivity contribution in [1.29, 1.82) is 0 Å². The summed E-state index contributed by atoms with van der Waals surface area (Å²) in [7, 11) is 1.65. The molecule has 0 spiro atoms. The smallest absolute Gasteiger partial charge is 0.311 e. The van der Waals surface area contributed by atoms with Crippen molar-refractivity contribution in [2.75, 3.05) is 39.9 Å². The minimum absolute atomic E-state index is 0.329. The number of nitrogens with two attached hydrogens (primary N) is 1. The molecule has 3 N–H and O–H groups in total. The Morgan fingerprint density at radius 3 is 2.65 bits per heavy atom. The van der Waals surface area contributed by atoms with Crippen molar-refractivity contribution < 1.29 is 14.3 Å². The first-order valence-corrected chi connectivity index (χ1v) is 5.96. The van der Waals surface area contributed by atoms with Gasteiger partial charge < -0.3 is 20.7 Å². The third-order valence-corrected chi connectivity index (χ3v) is 2.84. The first-order valence-electron chi connectivity index (χ1n) is 5.96. The molecule has 0 aromatic rings. The lowest BCUT2D eigenvalue weighted by atomic mass is 10.00.